The molecule has 5 heteroatoms. The van der Waals surface area contributed by atoms with Crippen LogP contribution in [0.5, 0.6) is 0 Å². The van der Waals surface area contributed by atoms with Gasteiger partial charge in [0, 0.05) is 4.90 Å². The Morgan fingerprint density at radius 1 is 1.11 bits per heavy atom. The van der Waals surface area contributed by atoms with Gasteiger partial charge in [0.25, 0.3) is 0 Å². The lowest BCUT2D eigenvalue weighted by atomic mass is 10.1. The lowest BCUT2D eigenvalue weighted by Crippen LogP contribution is -1.92. The van der Waals surface area contributed by atoms with E-state index in [4.69, 9.17) is 0 Å². The molecular formula is C13H10N2OS2. The lowest BCUT2D eigenvalue weighted by molar-refractivity contribution is 0.684. The first kappa shape index (κ1) is 11.5. The summed E-state index contributed by atoms with van der Waals surface area (Å²) in [5, 5.41) is 6.15. The number of hydrogen-bond donors (Lipinski definition) is 0. The number of fused-ring (bicyclic) bond motifs is 1. The van der Waals surface area contributed by atoms with Crippen LogP contribution in [-0.2, 0) is 10.8 Å². The van der Waals surface area contributed by atoms with Crippen LogP contribution in [0.25, 0.3) is 10.8 Å². The molecule has 0 radical (unpaired) electrons. The summed E-state index contributed by atoms with van der Waals surface area (Å²) in [6.07, 6.45) is 0. The third-order valence-corrected chi connectivity index (χ3v) is 5.33. The third kappa shape index (κ3) is 1.95. The summed E-state index contributed by atoms with van der Waals surface area (Å²) >= 11 is 1.20. The van der Waals surface area contributed by atoms with Crippen molar-refractivity contribution in [3.8, 4) is 0 Å². The van der Waals surface area contributed by atoms with Gasteiger partial charge < -0.3 is 0 Å². The van der Waals surface area contributed by atoms with Crippen LogP contribution in [-0.4, -0.2) is 13.8 Å². The van der Waals surface area contributed by atoms with Crippen LogP contribution in [0.15, 0.2) is 51.6 Å². The monoisotopic (exact) mass is 274 g/mol. The maximum absolute atomic E-state index is 12.4. The molecule has 1 aromatic heterocycles. The highest BCUT2D eigenvalue weighted by molar-refractivity contribution is 7.87. The Kier molecular flexibility index (Phi) is 2.93. The topological polar surface area (TPSA) is 42.9 Å². The van der Waals surface area contributed by atoms with Gasteiger partial charge in [-0.2, -0.15) is 0 Å². The average molecular weight is 274 g/mol. The van der Waals surface area contributed by atoms with Gasteiger partial charge in [0.05, 0.1) is 16.5 Å². The quantitative estimate of drug-likeness (QED) is 0.721. The van der Waals surface area contributed by atoms with Crippen LogP contribution >= 0.6 is 11.5 Å². The van der Waals surface area contributed by atoms with E-state index in [0.717, 1.165) is 25.6 Å². The Morgan fingerprint density at radius 2 is 1.89 bits per heavy atom. The van der Waals surface area contributed by atoms with Crippen molar-refractivity contribution in [2.75, 3.05) is 0 Å². The maximum Gasteiger partial charge on any atom is 0.140 e. The smallest absolute Gasteiger partial charge is 0.140 e. The summed E-state index contributed by atoms with van der Waals surface area (Å²) < 4.78 is 17.0. The van der Waals surface area contributed by atoms with Crippen molar-refractivity contribution < 1.29 is 4.21 Å². The van der Waals surface area contributed by atoms with Crippen molar-refractivity contribution in [3.63, 3.8) is 0 Å². The average Bonchev–Trinajstić information content (AvgIpc) is 2.83. The zero-order chi connectivity index (χ0) is 12.5. The van der Waals surface area contributed by atoms with Gasteiger partial charge in [-0.25, -0.2) is 4.21 Å². The van der Waals surface area contributed by atoms with Crippen molar-refractivity contribution in [3.05, 3.63) is 48.2 Å². The Balaban J connectivity index is 2.10. The molecule has 18 heavy (non-hydrogen) atoms. The second-order valence-electron chi connectivity index (χ2n) is 3.92. The van der Waals surface area contributed by atoms with E-state index in [0.29, 0.717) is 0 Å². The van der Waals surface area contributed by atoms with Gasteiger partial charge >= 0.3 is 0 Å². The second-order valence-corrected chi connectivity index (χ2v) is 6.35. The fourth-order valence-corrected chi connectivity index (χ4v) is 3.80. The number of aromatic nitrogens is 2. The predicted octanol–water partition coefficient (Wildman–Crippen LogP) is 3.17. The Bertz CT molecular complexity index is 736. The highest BCUT2D eigenvalue weighted by atomic mass is 32.2. The predicted molar refractivity (Wildman–Crippen MR) is 73.3 cm³/mol. The molecule has 0 bridgehead atoms. The van der Waals surface area contributed by atoms with E-state index < -0.39 is 10.8 Å². The third-order valence-electron chi connectivity index (χ3n) is 2.71. The molecule has 0 saturated carbocycles. The lowest BCUT2D eigenvalue weighted by Gasteiger charge is -2.02. The highest BCUT2D eigenvalue weighted by Crippen LogP contribution is 2.24. The van der Waals surface area contributed by atoms with Crippen LogP contribution in [0.1, 0.15) is 5.69 Å². The van der Waals surface area contributed by atoms with Crippen LogP contribution in [0, 0.1) is 6.92 Å². The standard InChI is InChI=1S/C13H10N2OS2/c1-9-13(17-15-14-9)18(16)12-7-6-10-4-2-3-5-11(10)8-12/h2-8H,1H3/t18-/m1/s1. The summed E-state index contributed by atoms with van der Waals surface area (Å²) in [5.74, 6) is 0. The number of rotatable bonds is 2. The zero-order valence-electron chi connectivity index (χ0n) is 9.66. The first-order valence-electron chi connectivity index (χ1n) is 5.45. The molecule has 0 N–H and O–H groups in total. The van der Waals surface area contributed by atoms with Crippen LogP contribution in [0.3, 0.4) is 0 Å². The molecule has 0 saturated heterocycles. The first-order valence-corrected chi connectivity index (χ1v) is 7.37. The summed E-state index contributed by atoms with van der Waals surface area (Å²) in [7, 11) is -1.19. The van der Waals surface area contributed by atoms with Crippen molar-refractivity contribution in [1.82, 2.24) is 9.59 Å². The van der Waals surface area contributed by atoms with Gasteiger partial charge in [-0.1, -0.05) is 34.8 Å². The van der Waals surface area contributed by atoms with Crippen molar-refractivity contribution in [2.24, 2.45) is 0 Å². The highest BCUT2D eigenvalue weighted by Gasteiger charge is 2.13. The van der Waals surface area contributed by atoms with Crippen LogP contribution < -0.4 is 0 Å². The molecule has 1 atom stereocenters. The SMILES string of the molecule is Cc1nnsc1[S@](=O)c1ccc2ccccc2c1. The van der Waals surface area contributed by atoms with Gasteiger partial charge in [-0.3, -0.25) is 0 Å². The molecular weight excluding hydrogens is 264 g/mol. The van der Waals surface area contributed by atoms with Gasteiger partial charge in [-0.05, 0) is 41.4 Å². The molecule has 2 aromatic carbocycles. The minimum absolute atomic E-state index is 0.727. The molecule has 3 aromatic rings. The molecule has 0 aliphatic rings. The molecule has 0 fully saturated rings. The fourth-order valence-electron chi connectivity index (χ4n) is 1.78. The number of hydrogen-bond acceptors (Lipinski definition) is 4. The Morgan fingerprint density at radius 3 is 2.61 bits per heavy atom. The van der Waals surface area contributed by atoms with Crippen molar-refractivity contribution in [2.45, 2.75) is 16.0 Å². The summed E-state index contributed by atoms with van der Waals surface area (Å²) in [6, 6.07) is 13.9. The van der Waals surface area contributed by atoms with E-state index >= 15 is 0 Å². The van der Waals surface area contributed by atoms with Gasteiger partial charge in [0.1, 0.15) is 4.21 Å². The van der Waals surface area contributed by atoms with Gasteiger partial charge in [0.15, 0.2) is 0 Å². The number of nitrogens with zero attached hydrogens (tertiary/aromatic N) is 2. The van der Waals surface area contributed by atoms with E-state index in [9.17, 15) is 4.21 Å². The minimum Gasteiger partial charge on any atom is -0.248 e. The van der Waals surface area contributed by atoms with E-state index in [1.807, 2.05) is 49.4 Å². The van der Waals surface area contributed by atoms with E-state index in [1.54, 1.807) is 0 Å². The fraction of sp³-hybridized carbons (Fsp3) is 0.0769. The van der Waals surface area contributed by atoms with Crippen molar-refractivity contribution in [1.29, 1.82) is 0 Å². The van der Waals surface area contributed by atoms with Crippen LogP contribution in [0.4, 0.5) is 0 Å². The Hall–Kier alpha value is -1.59. The summed E-state index contributed by atoms with van der Waals surface area (Å²) in [4.78, 5) is 0.794. The molecule has 0 amide bonds. The van der Waals surface area contributed by atoms with Crippen LogP contribution in [0.2, 0.25) is 0 Å². The second kappa shape index (κ2) is 4.59. The summed E-state index contributed by atoms with van der Waals surface area (Å²) in [6.45, 7) is 1.83. The molecule has 0 aliphatic carbocycles. The molecule has 1 heterocycles. The maximum atomic E-state index is 12.4. The molecule has 90 valence electrons. The first-order chi connectivity index (χ1) is 8.75. The summed E-state index contributed by atoms with van der Waals surface area (Å²) in [5.41, 5.74) is 0.742. The zero-order valence-corrected chi connectivity index (χ0v) is 11.3. The largest absolute Gasteiger partial charge is 0.248 e. The van der Waals surface area contributed by atoms with E-state index in [1.165, 1.54) is 11.5 Å². The molecule has 0 unspecified atom stereocenters. The molecule has 3 nitrogen and oxygen atoms in total. The molecule has 0 aliphatic heterocycles. The minimum atomic E-state index is -1.19. The van der Waals surface area contributed by atoms with Gasteiger partial charge in [0.2, 0.25) is 0 Å². The Labute approximate surface area is 111 Å². The van der Waals surface area contributed by atoms with Gasteiger partial charge in [-0.15, -0.1) is 5.10 Å². The molecule has 3 rings (SSSR count). The van der Waals surface area contributed by atoms with E-state index in [2.05, 4.69) is 9.59 Å². The number of benzene rings is 2. The van der Waals surface area contributed by atoms with Crippen molar-refractivity contribution >= 4 is 33.1 Å². The number of aryl methyl sites for hydroxylation is 1. The molecule has 0 spiro atoms. The normalized spacial score (nSPS) is 12.7. The van der Waals surface area contributed by atoms with E-state index in [-0.39, 0.29) is 0 Å².